The van der Waals surface area contributed by atoms with Crippen LogP contribution in [0.5, 0.6) is 11.5 Å². The molecule has 0 aromatic heterocycles. The second-order valence-corrected chi connectivity index (χ2v) is 4.74. The molecule has 0 spiro atoms. The molecule has 3 nitrogen and oxygen atoms in total. The van der Waals surface area contributed by atoms with Gasteiger partial charge in [-0.1, -0.05) is 22.0 Å². The van der Waals surface area contributed by atoms with E-state index in [0.717, 1.165) is 29.7 Å². The molecule has 3 rings (SSSR count). The van der Waals surface area contributed by atoms with Crippen molar-refractivity contribution in [1.29, 1.82) is 0 Å². The maximum absolute atomic E-state index is 5.91. The summed E-state index contributed by atoms with van der Waals surface area (Å²) in [5, 5.41) is 0.911. The first-order chi connectivity index (χ1) is 7.86. The van der Waals surface area contributed by atoms with Gasteiger partial charge in [0.15, 0.2) is 11.5 Å². The average Bonchev–Trinajstić information content (AvgIpc) is 2.96. The van der Waals surface area contributed by atoms with Crippen molar-refractivity contribution < 1.29 is 14.2 Å². The standard InChI is InChI=1S/C12H13BrO3/c13-6-9-2-4-10(16-9)8-1-3-11-12(5-8)15-7-14-11/h1,3,5,9-10H,2,4,6-7H2. The lowest BCUT2D eigenvalue weighted by molar-refractivity contribution is 0.0587. The molecule has 2 aliphatic heterocycles. The van der Waals surface area contributed by atoms with Crippen molar-refractivity contribution in [2.75, 3.05) is 12.1 Å². The van der Waals surface area contributed by atoms with E-state index in [1.165, 1.54) is 5.56 Å². The second kappa shape index (κ2) is 4.26. The van der Waals surface area contributed by atoms with Crippen LogP contribution in [0.1, 0.15) is 24.5 Å². The van der Waals surface area contributed by atoms with Gasteiger partial charge in [-0.05, 0) is 30.5 Å². The molecule has 0 bridgehead atoms. The molecule has 1 aromatic carbocycles. The first-order valence-corrected chi connectivity index (χ1v) is 6.60. The lowest BCUT2D eigenvalue weighted by Crippen LogP contribution is -2.07. The summed E-state index contributed by atoms with van der Waals surface area (Å²) < 4.78 is 16.6. The molecule has 86 valence electrons. The van der Waals surface area contributed by atoms with Gasteiger partial charge in [-0.25, -0.2) is 0 Å². The minimum Gasteiger partial charge on any atom is -0.454 e. The van der Waals surface area contributed by atoms with Gasteiger partial charge in [0, 0.05) is 5.33 Å². The van der Waals surface area contributed by atoms with Gasteiger partial charge in [-0.15, -0.1) is 0 Å². The molecule has 2 aliphatic rings. The van der Waals surface area contributed by atoms with E-state index in [1.807, 2.05) is 12.1 Å². The topological polar surface area (TPSA) is 27.7 Å². The third-order valence-corrected chi connectivity index (χ3v) is 3.77. The van der Waals surface area contributed by atoms with Crippen LogP contribution in [0.25, 0.3) is 0 Å². The van der Waals surface area contributed by atoms with Crippen molar-refractivity contribution in [3.8, 4) is 11.5 Å². The summed E-state index contributed by atoms with van der Waals surface area (Å²) in [4.78, 5) is 0. The van der Waals surface area contributed by atoms with Gasteiger partial charge in [-0.2, -0.15) is 0 Å². The molecule has 0 N–H and O–H groups in total. The maximum Gasteiger partial charge on any atom is 0.231 e. The van der Waals surface area contributed by atoms with Crippen LogP contribution in [0.4, 0.5) is 0 Å². The number of ether oxygens (including phenoxy) is 3. The van der Waals surface area contributed by atoms with Crippen LogP contribution in [-0.2, 0) is 4.74 Å². The summed E-state index contributed by atoms with van der Waals surface area (Å²) in [6, 6.07) is 6.06. The Hall–Kier alpha value is -0.740. The number of hydrogen-bond acceptors (Lipinski definition) is 3. The molecule has 2 heterocycles. The fourth-order valence-electron chi connectivity index (χ4n) is 2.18. The normalized spacial score (nSPS) is 27.3. The maximum atomic E-state index is 5.91. The van der Waals surface area contributed by atoms with Gasteiger partial charge >= 0.3 is 0 Å². The molecule has 1 aromatic rings. The molecule has 0 amide bonds. The highest BCUT2D eigenvalue weighted by Crippen LogP contribution is 2.39. The SMILES string of the molecule is BrCC1CCC(c2ccc3c(c2)OCO3)O1. The second-order valence-electron chi connectivity index (χ2n) is 4.09. The fourth-order valence-corrected chi connectivity index (χ4v) is 2.65. The molecule has 2 atom stereocenters. The Morgan fingerprint density at radius 3 is 2.88 bits per heavy atom. The summed E-state index contributed by atoms with van der Waals surface area (Å²) in [5.41, 5.74) is 1.19. The Bertz CT molecular complexity index is 394. The third-order valence-electron chi connectivity index (χ3n) is 3.05. The largest absolute Gasteiger partial charge is 0.454 e. The van der Waals surface area contributed by atoms with E-state index < -0.39 is 0 Å². The number of halogens is 1. The van der Waals surface area contributed by atoms with E-state index in [-0.39, 0.29) is 6.10 Å². The van der Waals surface area contributed by atoms with Gasteiger partial charge < -0.3 is 14.2 Å². The monoisotopic (exact) mass is 284 g/mol. The zero-order chi connectivity index (χ0) is 11.0. The minimum atomic E-state index is 0.206. The number of rotatable bonds is 2. The van der Waals surface area contributed by atoms with Crippen LogP contribution in [0.2, 0.25) is 0 Å². The highest BCUT2D eigenvalue weighted by molar-refractivity contribution is 9.09. The van der Waals surface area contributed by atoms with Crippen molar-refractivity contribution in [3.63, 3.8) is 0 Å². The van der Waals surface area contributed by atoms with Crippen molar-refractivity contribution >= 4 is 15.9 Å². The van der Waals surface area contributed by atoms with E-state index in [9.17, 15) is 0 Å². The number of fused-ring (bicyclic) bond motifs is 1. The Labute approximate surface area is 103 Å². The van der Waals surface area contributed by atoms with Crippen LogP contribution >= 0.6 is 15.9 Å². The van der Waals surface area contributed by atoms with Gasteiger partial charge in [0.2, 0.25) is 6.79 Å². The number of benzene rings is 1. The van der Waals surface area contributed by atoms with Crippen LogP contribution in [-0.4, -0.2) is 18.2 Å². The first kappa shape index (κ1) is 10.4. The number of hydrogen-bond donors (Lipinski definition) is 0. The Morgan fingerprint density at radius 2 is 2.06 bits per heavy atom. The van der Waals surface area contributed by atoms with E-state index >= 15 is 0 Å². The van der Waals surface area contributed by atoms with Crippen molar-refractivity contribution in [2.24, 2.45) is 0 Å². The van der Waals surface area contributed by atoms with Gasteiger partial charge in [-0.3, -0.25) is 0 Å². The molecule has 1 saturated heterocycles. The summed E-state index contributed by atoms with van der Waals surface area (Å²) in [6.07, 6.45) is 2.74. The molecular weight excluding hydrogens is 272 g/mol. The van der Waals surface area contributed by atoms with Crippen molar-refractivity contribution in [2.45, 2.75) is 25.0 Å². The van der Waals surface area contributed by atoms with Gasteiger partial charge in [0.25, 0.3) is 0 Å². The lowest BCUT2D eigenvalue weighted by Gasteiger charge is -2.12. The summed E-state index contributed by atoms with van der Waals surface area (Å²) in [6.45, 7) is 0.328. The van der Waals surface area contributed by atoms with Crippen molar-refractivity contribution in [1.82, 2.24) is 0 Å². The zero-order valence-corrected chi connectivity index (χ0v) is 10.4. The highest BCUT2D eigenvalue weighted by Gasteiger charge is 2.27. The van der Waals surface area contributed by atoms with Crippen LogP contribution in [0, 0.1) is 0 Å². The molecule has 2 unspecified atom stereocenters. The molecule has 16 heavy (non-hydrogen) atoms. The molecule has 0 saturated carbocycles. The predicted molar refractivity (Wildman–Crippen MR) is 63.2 cm³/mol. The van der Waals surface area contributed by atoms with E-state index in [0.29, 0.717) is 12.9 Å². The van der Waals surface area contributed by atoms with E-state index in [4.69, 9.17) is 14.2 Å². The molecule has 0 radical (unpaired) electrons. The average molecular weight is 285 g/mol. The Morgan fingerprint density at radius 1 is 1.19 bits per heavy atom. The van der Waals surface area contributed by atoms with E-state index in [2.05, 4.69) is 22.0 Å². The fraction of sp³-hybridized carbons (Fsp3) is 0.500. The Balaban J connectivity index is 1.80. The zero-order valence-electron chi connectivity index (χ0n) is 8.82. The molecular formula is C12H13BrO3. The third kappa shape index (κ3) is 1.80. The number of alkyl halides is 1. The quantitative estimate of drug-likeness (QED) is 0.782. The molecule has 1 fully saturated rings. The summed E-state index contributed by atoms with van der Waals surface area (Å²) >= 11 is 3.46. The minimum absolute atomic E-state index is 0.206. The smallest absolute Gasteiger partial charge is 0.231 e. The van der Waals surface area contributed by atoms with Crippen LogP contribution < -0.4 is 9.47 Å². The van der Waals surface area contributed by atoms with Crippen molar-refractivity contribution in [3.05, 3.63) is 23.8 Å². The van der Waals surface area contributed by atoms with Crippen LogP contribution in [0.15, 0.2) is 18.2 Å². The van der Waals surface area contributed by atoms with Crippen LogP contribution in [0.3, 0.4) is 0 Å². The first-order valence-electron chi connectivity index (χ1n) is 5.48. The lowest BCUT2D eigenvalue weighted by atomic mass is 10.1. The Kier molecular flexibility index (Phi) is 2.77. The summed E-state index contributed by atoms with van der Waals surface area (Å²) in [5.74, 6) is 1.67. The summed E-state index contributed by atoms with van der Waals surface area (Å²) in [7, 11) is 0. The highest BCUT2D eigenvalue weighted by atomic mass is 79.9. The predicted octanol–water partition coefficient (Wildman–Crippen LogP) is 3.03. The van der Waals surface area contributed by atoms with E-state index in [1.54, 1.807) is 0 Å². The molecule has 4 heteroatoms. The molecule has 0 aliphatic carbocycles. The van der Waals surface area contributed by atoms with Gasteiger partial charge in [0.1, 0.15) is 0 Å². The van der Waals surface area contributed by atoms with Gasteiger partial charge in [0.05, 0.1) is 12.2 Å².